The average Bonchev–Trinajstić information content (AvgIpc) is 1.37. The zero-order valence-corrected chi connectivity index (χ0v) is 2.14. The van der Waals surface area contributed by atoms with Gasteiger partial charge in [-0.05, 0) is 0 Å². The van der Waals surface area contributed by atoms with Crippen LogP contribution in [-0.2, 0) is 0 Å². The van der Waals surface area contributed by atoms with Crippen LogP contribution in [0.4, 0.5) is 0 Å². The summed E-state index contributed by atoms with van der Waals surface area (Å²) in [5.74, 6) is 0. The van der Waals surface area contributed by atoms with E-state index in [-0.39, 0.29) is 6.73 Å². The Morgan fingerprint density at radius 1 is 2.00 bits per heavy atom. The molecule has 0 heterocycles. The van der Waals surface area contributed by atoms with Gasteiger partial charge in [0.05, 0.1) is 0 Å². The van der Waals surface area contributed by atoms with Gasteiger partial charge in [0.1, 0.15) is 0 Å². The van der Waals surface area contributed by atoms with Crippen LogP contribution < -0.4 is 5.48 Å². The van der Waals surface area contributed by atoms with Crippen molar-refractivity contribution in [2.24, 2.45) is 0 Å². The second-order valence-electron chi connectivity index (χ2n) is 0.349. The van der Waals surface area contributed by atoms with Crippen LogP contribution in [-0.4, -0.2) is 11.8 Å². The Bertz CT molecular complexity index is 8.00. The Hall–Kier alpha value is -0.120. The highest BCUT2D eigenvalue weighted by Crippen LogP contribution is 1.05. The van der Waals surface area contributed by atoms with Crippen molar-refractivity contribution >= 4 is 0 Å². The highest BCUT2D eigenvalue weighted by Gasteiger charge is 1.47. The molecule has 3 heteroatoms. The van der Waals surface area contributed by atoms with E-state index < -0.39 is 0 Å². The summed E-state index contributed by atoms with van der Waals surface area (Å²) in [5.41, 5.74) is 0.431. The first kappa shape index (κ1) is 3.88. The number of hydroxylamine groups is 1. The SMILES string of the molecule is [O-][NH2+]CO. The predicted molar refractivity (Wildman–Crippen MR) is 12.4 cm³/mol. The Kier molecular flexibility index (Phi) is 2.79. The number of aliphatic hydroxyl groups is 1. The predicted octanol–water partition coefficient (Wildman–Crippen LogP) is -2.00. The third-order valence-electron chi connectivity index (χ3n) is 0.0745. The quantitative estimate of drug-likeness (QED) is 0.273. The highest BCUT2D eigenvalue weighted by molar-refractivity contribution is 3.79. The molecule has 0 radical (unpaired) electrons. The first-order chi connectivity index (χ1) is 1.91. The molecule has 0 aliphatic carbocycles. The largest absolute Gasteiger partial charge is 0.634 e. The van der Waals surface area contributed by atoms with E-state index in [1.807, 2.05) is 0 Å². The highest BCUT2D eigenvalue weighted by atomic mass is 16.5. The van der Waals surface area contributed by atoms with Crippen molar-refractivity contribution in [3.8, 4) is 0 Å². The normalized spacial score (nSPS) is 7.50. The van der Waals surface area contributed by atoms with Crippen molar-refractivity contribution in [2.45, 2.75) is 0 Å². The van der Waals surface area contributed by atoms with Crippen LogP contribution in [0.25, 0.3) is 0 Å². The molecule has 26 valence electrons. The van der Waals surface area contributed by atoms with Crippen molar-refractivity contribution in [3.63, 3.8) is 0 Å². The van der Waals surface area contributed by atoms with Crippen LogP contribution in [0.2, 0.25) is 0 Å². The first-order valence-electron chi connectivity index (χ1n) is 0.960. The summed E-state index contributed by atoms with van der Waals surface area (Å²) >= 11 is 0. The van der Waals surface area contributed by atoms with E-state index in [0.29, 0.717) is 5.48 Å². The molecule has 0 bridgehead atoms. The maximum atomic E-state index is 8.92. The molecule has 0 aliphatic heterocycles. The van der Waals surface area contributed by atoms with Crippen molar-refractivity contribution in [1.82, 2.24) is 0 Å². The minimum absolute atomic E-state index is 0.361. The summed E-state index contributed by atoms with van der Waals surface area (Å²) in [7, 11) is 0. The van der Waals surface area contributed by atoms with Crippen LogP contribution in [0.1, 0.15) is 0 Å². The number of aliphatic hydroxyl groups excluding tert-OH is 1. The molecule has 0 aromatic rings. The smallest absolute Gasteiger partial charge is 0.176 e. The Balaban J connectivity index is 1.97. The standard InChI is InChI=1S/CH5NO2/c3-1-2-4/h3H,1-2H2. The summed E-state index contributed by atoms with van der Waals surface area (Å²) in [6.07, 6.45) is 0. The van der Waals surface area contributed by atoms with Gasteiger partial charge < -0.3 is 15.8 Å². The van der Waals surface area contributed by atoms with Gasteiger partial charge in [0.25, 0.3) is 0 Å². The molecule has 3 N–H and O–H groups in total. The van der Waals surface area contributed by atoms with Gasteiger partial charge in [-0.25, -0.2) is 0 Å². The lowest BCUT2D eigenvalue weighted by Gasteiger charge is -1.88. The molecule has 0 aromatic heterocycles. The van der Waals surface area contributed by atoms with E-state index >= 15 is 0 Å². The lowest BCUT2D eigenvalue weighted by molar-refractivity contribution is -0.623. The zero-order chi connectivity index (χ0) is 3.41. The fourth-order valence-corrected chi connectivity index (χ4v) is 0. The van der Waals surface area contributed by atoms with Crippen molar-refractivity contribution < 1.29 is 10.6 Å². The monoisotopic (exact) mass is 63.0 g/mol. The molecule has 4 heavy (non-hydrogen) atoms. The minimum atomic E-state index is -0.361. The molecule has 0 aliphatic rings. The molecule has 0 spiro atoms. The van der Waals surface area contributed by atoms with E-state index in [1.165, 1.54) is 0 Å². The molecular weight excluding hydrogens is 58.0 g/mol. The second-order valence-corrected chi connectivity index (χ2v) is 0.349. The van der Waals surface area contributed by atoms with Gasteiger partial charge >= 0.3 is 0 Å². The van der Waals surface area contributed by atoms with Gasteiger partial charge in [0, 0.05) is 0 Å². The molecule has 0 fully saturated rings. The van der Waals surface area contributed by atoms with E-state index in [4.69, 9.17) is 10.3 Å². The van der Waals surface area contributed by atoms with Crippen LogP contribution >= 0.6 is 0 Å². The van der Waals surface area contributed by atoms with Crippen LogP contribution in [0.15, 0.2) is 0 Å². The zero-order valence-electron chi connectivity index (χ0n) is 2.14. The Labute approximate surface area is 23.8 Å². The second kappa shape index (κ2) is 2.88. The van der Waals surface area contributed by atoms with Gasteiger partial charge in [-0.3, -0.25) is 0 Å². The fraction of sp³-hybridized carbons (Fsp3) is 1.00. The van der Waals surface area contributed by atoms with Crippen LogP contribution in [0, 0.1) is 5.21 Å². The van der Waals surface area contributed by atoms with E-state index in [0.717, 1.165) is 0 Å². The molecule has 0 saturated heterocycles. The lowest BCUT2D eigenvalue weighted by Crippen LogP contribution is -2.77. The molecule has 0 amide bonds. The minimum Gasteiger partial charge on any atom is -0.634 e. The van der Waals surface area contributed by atoms with Crippen molar-refractivity contribution in [1.29, 1.82) is 0 Å². The maximum Gasteiger partial charge on any atom is 0.176 e. The number of rotatable bonds is 1. The number of quaternary nitrogens is 1. The summed E-state index contributed by atoms with van der Waals surface area (Å²) in [5, 5.41) is 16.4. The van der Waals surface area contributed by atoms with Gasteiger partial charge in [-0.15, -0.1) is 0 Å². The molecule has 0 aromatic carbocycles. The Morgan fingerprint density at radius 2 is 2.25 bits per heavy atom. The Morgan fingerprint density at radius 3 is 2.25 bits per heavy atom. The van der Waals surface area contributed by atoms with Gasteiger partial charge in [0.2, 0.25) is 0 Å². The number of hydrogen-bond acceptors (Lipinski definition) is 2. The molecule has 3 nitrogen and oxygen atoms in total. The van der Waals surface area contributed by atoms with E-state index in [1.54, 1.807) is 0 Å². The molecule has 0 saturated carbocycles. The number of nitrogens with two attached hydrogens (primary N) is 1. The van der Waals surface area contributed by atoms with Crippen LogP contribution in [0.3, 0.4) is 0 Å². The van der Waals surface area contributed by atoms with E-state index in [9.17, 15) is 0 Å². The lowest BCUT2D eigenvalue weighted by atomic mass is 11.4. The molecular formula is CH5NO2. The molecule has 0 rings (SSSR count). The topological polar surface area (TPSA) is 59.9 Å². The van der Waals surface area contributed by atoms with Crippen molar-refractivity contribution in [2.75, 3.05) is 6.73 Å². The van der Waals surface area contributed by atoms with Gasteiger partial charge in [-0.1, -0.05) is 0 Å². The van der Waals surface area contributed by atoms with Crippen molar-refractivity contribution in [3.05, 3.63) is 5.21 Å². The summed E-state index contributed by atoms with van der Waals surface area (Å²) in [6, 6.07) is 0. The molecule has 0 unspecified atom stereocenters. The summed E-state index contributed by atoms with van der Waals surface area (Å²) < 4.78 is 0. The fourth-order valence-electron chi connectivity index (χ4n) is 0. The third kappa shape index (κ3) is 1.88. The third-order valence-corrected chi connectivity index (χ3v) is 0.0745. The van der Waals surface area contributed by atoms with Gasteiger partial charge in [0.15, 0.2) is 6.73 Å². The van der Waals surface area contributed by atoms with Crippen LogP contribution in [0.5, 0.6) is 0 Å². The average molecular weight is 63.1 g/mol. The van der Waals surface area contributed by atoms with Gasteiger partial charge in [-0.2, -0.15) is 0 Å². The summed E-state index contributed by atoms with van der Waals surface area (Å²) in [4.78, 5) is 0. The first-order valence-corrected chi connectivity index (χ1v) is 0.960. The summed E-state index contributed by atoms with van der Waals surface area (Å²) in [6.45, 7) is -0.361. The number of hydrogen-bond donors (Lipinski definition) is 2. The maximum absolute atomic E-state index is 8.92. The molecule has 0 atom stereocenters. The van der Waals surface area contributed by atoms with E-state index in [2.05, 4.69) is 0 Å².